The van der Waals surface area contributed by atoms with Crippen molar-refractivity contribution in [3.8, 4) is 11.5 Å². The average molecular weight is 390 g/mol. The highest BCUT2D eigenvalue weighted by Gasteiger charge is 2.07. The molecule has 1 aromatic heterocycles. The first-order valence-corrected chi connectivity index (χ1v) is 9.78. The van der Waals surface area contributed by atoms with E-state index >= 15 is 0 Å². The van der Waals surface area contributed by atoms with Gasteiger partial charge in [-0.3, -0.25) is 4.99 Å². The third kappa shape index (κ3) is 7.09. The maximum Gasteiger partial charge on any atom is 0.226 e. The molecule has 8 nitrogen and oxygen atoms in total. The van der Waals surface area contributed by atoms with Crippen LogP contribution in [0.5, 0.6) is 11.5 Å². The number of aliphatic imine (C=N–C) groups is 1. The van der Waals surface area contributed by atoms with Crippen LogP contribution in [0.2, 0.25) is 0 Å². The quantitative estimate of drug-likeness (QED) is 0.346. The second-order valence-electron chi connectivity index (χ2n) is 6.16. The Labute approximate surface area is 166 Å². The van der Waals surface area contributed by atoms with Gasteiger partial charge in [-0.15, -0.1) is 0 Å². The first kappa shape index (κ1) is 21.5. The fraction of sp³-hybridized carbons (Fsp3) is 0.550. The number of hydrogen-bond acceptors (Lipinski definition) is 6. The van der Waals surface area contributed by atoms with Gasteiger partial charge in [-0.2, -0.15) is 4.98 Å². The summed E-state index contributed by atoms with van der Waals surface area (Å²) in [6.45, 7) is 8.53. The molecular weight excluding hydrogens is 358 g/mol. The van der Waals surface area contributed by atoms with Crippen molar-refractivity contribution in [2.45, 2.75) is 40.0 Å². The zero-order valence-corrected chi connectivity index (χ0v) is 17.2. The molecule has 0 bridgehead atoms. The van der Waals surface area contributed by atoms with Gasteiger partial charge in [0.05, 0.1) is 13.2 Å². The highest BCUT2D eigenvalue weighted by molar-refractivity contribution is 5.79. The summed E-state index contributed by atoms with van der Waals surface area (Å²) in [6.07, 6.45) is 2.49. The smallest absolute Gasteiger partial charge is 0.226 e. The van der Waals surface area contributed by atoms with Gasteiger partial charge >= 0.3 is 0 Å². The Morgan fingerprint density at radius 2 is 1.82 bits per heavy atom. The summed E-state index contributed by atoms with van der Waals surface area (Å²) >= 11 is 0. The van der Waals surface area contributed by atoms with Gasteiger partial charge in [-0.1, -0.05) is 11.2 Å². The summed E-state index contributed by atoms with van der Waals surface area (Å²) < 4.78 is 16.4. The van der Waals surface area contributed by atoms with Crippen LogP contribution in [0.15, 0.2) is 27.7 Å². The maximum atomic E-state index is 5.68. The standard InChI is InChI=1S/C20H31N5O3/c1-5-26-17-10-9-16(14-18(17)27-6-2)11-13-23-20(21-4)22-12-7-8-19-24-15(3)25-28-19/h9-10,14H,5-8,11-13H2,1-4H3,(H2,21,22,23). The monoisotopic (exact) mass is 389 g/mol. The molecule has 28 heavy (non-hydrogen) atoms. The van der Waals surface area contributed by atoms with Crippen molar-refractivity contribution in [3.05, 3.63) is 35.5 Å². The lowest BCUT2D eigenvalue weighted by molar-refractivity contribution is 0.287. The van der Waals surface area contributed by atoms with Gasteiger partial charge < -0.3 is 24.6 Å². The van der Waals surface area contributed by atoms with E-state index in [1.54, 1.807) is 7.05 Å². The number of benzene rings is 1. The third-order valence-corrected chi connectivity index (χ3v) is 3.97. The fourth-order valence-corrected chi connectivity index (χ4v) is 2.68. The highest BCUT2D eigenvalue weighted by atomic mass is 16.5. The Bertz CT molecular complexity index is 745. The van der Waals surface area contributed by atoms with E-state index in [2.05, 4.69) is 31.8 Å². The van der Waals surface area contributed by atoms with E-state index in [4.69, 9.17) is 14.0 Å². The third-order valence-electron chi connectivity index (χ3n) is 3.97. The zero-order chi connectivity index (χ0) is 20.2. The molecule has 2 aromatic rings. The minimum Gasteiger partial charge on any atom is -0.490 e. The second kappa shape index (κ2) is 11.8. The molecule has 0 unspecified atom stereocenters. The van der Waals surface area contributed by atoms with Crippen LogP contribution in [0.4, 0.5) is 0 Å². The number of aromatic nitrogens is 2. The molecule has 2 N–H and O–H groups in total. The van der Waals surface area contributed by atoms with Gasteiger partial charge in [0.15, 0.2) is 23.3 Å². The zero-order valence-electron chi connectivity index (χ0n) is 17.2. The molecule has 8 heteroatoms. The number of hydrogen-bond donors (Lipinski definition) is 2. The van der Waals surface area contributed by atoms with Crippen LogP contribution in [-0.2, 0) is 12.8 Å². The first-order valence-electron chi connectivity index (χ1n) is 9.78. The molecule has 0 atom stereocenters. The number of guanidine groups is 1. The van der Waals surface area contributed by atoms with E-state index in [0.29, 0.717) is 24.9 Å². The number of aryl methyl sites for hydroxylation is 2. The molecule has 0 aliphatic heterocycles. The number of ether oxygens (including phenoxy) is 2. The Hall–Kier alpha value is -2.77. The maximum absolute atomic E-state index is 5.68. The van der Waals surface area contributed by atoms with Crippen LogP contribution in [0.1, 0.15) is 37.5 Å². The molecule has 0 spiro atoms. The van der Waals surface area contributed by atoms with Crippen LogP contribution in [0, 0.1) is 6.92 Å². The number of nitrogens with zero attached hydrogens (tertiary/aromatic N) is 3. The fourth-order valence-electron chi connectivity index (χ4n) is 2.68. The van der Waals surface area contributed by atoms with Crippen molar-refractivity contribution in [1.29, 1.82) is 0 Å². The predicted molar refractivity (Wildman–Crippen MR) is 109 cm³/mol. The largest absolute Gasteiger partial charge is 0.490 e. The number of nitrogens with one attached hydrogen (secondary N) is 2. The summed E-state index contributed by atoms with van der Waals surface area (Å²) in [5, 5.41) is 10.4. The molecule has 0 amide bonds. The molecule has 154 valence electrons. The summed E-state index contributed by atoms with van der Waals surface area (Å²) in [4.78, 5) is 8.45. The van der Waals surface area contributed by atoms with Crippen molar-refractivity contribution in [1.82, 2.24) is 20.8 Å². The molecule has 0 fully saturated rings. The summed E-state index contributed by atoms with van der Waals surface area (Å²) in [7, 11) is 1.76. The lowest BCUT2D eigenvalue weighted by Gasteiger charge is -2.14. The van der Waals surface area contributed by atoms with Crippen molar-refractivity contribution in [3.63, 3.8) is 0 Å². The molecular formula is C20H31N5O3. The van der Waals surface area contributed by atoms with Gasteiger partial charge in [-0.25, -0.2) is 0 Å². The van der Waals surface area contributed by atoms with Crippen LogP contribution in [0.25, 0.3) is 0 Å². The van der Waals surface area contributed by atoms with Crippen molar-refractivity contribution >= 4 is 5.96 Å². The summed E-state index contributed by atoms with van der Waals surface area (Å²) in [5.41, 5.74) is 1.18. The van der Waals surface area contributed by atoms with Gasteiger partial charge in [0, 0.05) is 26.6 Å². The number of rotatable bonds is 11. The molecule has 0 saturated carbocycles. The van der Waals surface area contributed by atoms with Crippen LogP contribution >= 0.6 is 0 Å². The molecule has 0 radical (unpaired) electrons. The first-order chi connectivity index (χ1) is 13.7. The van der Waals surface area contributed by atoms with Gasteiger partial charge in [0.1, 0.15) is 0 Å². The predicted octanol–water partition coefficient (Wildman–Crippen LogP) is 2.52. The van der Waals surface area contributed by atoms with Gasteiger partial charge in [0.2, 0.25) is 5.89 Å². The Morgan fingerprint density at radius 1 is 1.07 bits per heavy atom. The topological polar surface area (TPSA) is 93.8 Å². The Morgan fingerprint density at radius 3 is 2.50 bits per heavy atom. The molecule has 0 saturated heterocycles. The van der Waals surface area contributed by atoms with E-state index in [0.717, 1.165) is 49.8 Å². The lowest BCUT2D eigenvalue weighted by atomic mass is 10.1. The SMILES string of the molecule is CCOc1ccc(CCNC(=NC)NCCCc2nc(C)no2)cc1OCC. The van der Waals surface area contributed by atoms with Crippen LogP contribution in [0.3, 0.4) is 0 Å². The van der Waals surface area contributed by atoms with Crippen LogP contribution < -0.4 is 20.1 Å². The second-order valence-corrected chi connectivity index (χ2v) is 6.16. The van der Waals surface area contributed by atoms with E-state index in [-0.39, 0.29) is 0 Å². The summed E-state index contributed by atoms with van der Waals surface area (Å²) in [6, 6.07) is 6.08. The summed E-state index contributed by atoms with van der Waals surface area (Å²) in [5.74, 6) is 3.69. The van der Waals surface area contributed by atoms with E-state index in [1.165, 1.54) is 5.56 Å². The van der Waals surface area contributed by atoms with Gasteiger partial charge in [-0.05, 0) is 51.3 Å². The Kier molecular flexibility index (Phi) is 9.10. The molecule has 1 aromatic carbocycles. The molecule has 2 rings (SSSR count). The minimum absolute atomic E-state index is 0.613. The van der Waals surface area contributed by atoms with E-state index < -0.39 is 0 Å². The highest BCUT2D eigenvalue weighted by Crippen LogP contribution is 2.28. The normalized spacial score (nSPS) is 11.4. The van der Waals surface area contributed by atoms with Crippen LogP contribution in [-0.4, -0.2) is 49.5 Å². The average Bonchev–Trinajstić information content (AvgIpc) is 3.11. The minimum atomic E-state index is 0.613. The van der Waals surface area contributed by atoms with Crippen molar-refractivity contribution in [2.75, 3.05) is 33.4 Å². The van der Waals surface area contributed by atoms with E-state index in [9.17, 15) is 0 Å². The molecule has 0 aliphatic rings. The molecule has 0 aliphatic carbocycles. The van der Waals surface area contributed by atoms with Crippen molar-refractivity contribution in [2.24, 2.45) is 4.99 Å². The van der Waals surface area contributed by atoms with E-state index in [1.807, 2.05) is 32.9 Å². The van der Waals surface area contributed by atoms with Gasteiger partial charge in [0.25, 0.3) is 0 Å². The molecule has 1 heterocycles. The Balaban J connectivity index is 1.73. The lowest BCUT2D eigenvalue weighted by Crippen LogP contribution is -2.38. The van der Waals surface area contributed by atoms with Crippen molar-refractivity contribution < 1.29 is 14.0 Å².